The molecule has 0 bridgehead atoms. The lowest BCUT2D eigenvalue weighted by Gasteiger charge is -2.08. The summed E-state index contributed by atoms with van der Waals surface area (Å²) in [6.45, 7) is 4.40. The second-order valence-corrected chi connectivity index (χ2v) is 6.52. The molecule has 0 atom stereocenters. The van der Waals surface area contributed by atoms with Gasteiger partial charge in [-0.3, -0.25) is 9.59 Å². The molecule has 2 aromatic rings. The highest BCUT2D eigenvalue weighted by molar-refractivity contribution is 5.94. The number of carbonyl (C=O) groups is 2. The van der Waals surface area contributed by atoms with Crippen molar-refractivity contribution in [1.82, 2.24) is 10.6 Å². The van der Waals surface area contributed by atoms with Gasteiger partial charge in [0, 0.05) is 31.6 Å². The molecule has 1 amide bonds. The fourth-order valence-electron chi connectivity index (χ4n) is 2.96. The van der Waals surface area contributed by atoms with Gasteiger partial charge >= 0.3 is 0 Å². The van der Waals surface area contributed by atoms with Crippen LogP contribution in [0.3, 0.4) is 0 Å². The molecule has 1 aliphatic rings. The number of Topliss-reactive ketones (excluding diaryl/α,β-unsaturated/α-hetero) is 1. The molecule has 0 spiro atoms. The van der Waals surface area contributed by atoms with Crippen molar-refractivity contribution in [2.45, 2.75) is 39.4 Å². The van der Waals surface area contributed by atoms with Crippen LogP contribution in [0, 0.1) is 0 Å². The summed E-state index contributed by atoms with van der Waals surface area (Å²) in [6.07, 6.45) is 1.08. The second-order valence-electron chi connectivity index (χ2n) is 6.52. The highest BCUT2D eigenvalue weighted by atomic mass is 35.5. The predicted molar refractivity (Wildman–Crippen MR) is 107 cm³/mol. The van der Waals surface area contributed by atoms with Crippen molar-refractivity contribution in [3.63, 3.8) is 0 Å². The van der Waals surface area contributed by atoms with Crippen LogP contribution in [0.25, 0.3) is 0 Å². The molecular formula is C21H25ClN2O3. The third-order valence-electron chi connectivity index (χ3n) is 4.47. The summed E-state index contributed by atoms with van der Waals surface area (Å²) in [7, 11) is 0. The summed E-state index contributed by atoms with van der Waals surface area (Å²) in [6, 6.07) is 13.4. The van der Waals surface area contributed by atoms with Crippen molar-refractivity contribution in [3.05, 3.63) is 64.7 Å². The van der Waals surface area contributed by atoms with E-state index in [1.807, 2.05) is 0 Å². The molecule has 1 aliphatic heterocycles. The normalized spacial score (nSPS) is 12.0. The summed E-state index contributed by atoms with van der Waals surface area (Å²) >= 11 is 0. The van der Waals surface area contributed by atoms with Crippen LogP contribution < -0.4 is 15.4 Å². The number of rotatable bonds is 8. The van der Waals surface area contributed by atoms with E-state index < -0.39 is 0 Å². The Bertz CT molecular complexity index is 791. The molecule has 5 nitrogen and oxygen atoms in total. The summed E-state index contributed by atoms with van der Waals surface area (Å²) in [5.41, 5.74) is 4.45. The lowest BCUT2D eigenvalue weighted by atomic mass is 10.1. The third kappa shape index (κ3) is 6.08. The van der Waals surface area contributed by atoms with Crippen LogP contribution in [0.1, 0.15) is 46.8 Å². The predicted octanol–water partition coefficient (Wildman–Crippen LogP) is 3.39. The number of ketones is 1. The Morgan fingerprint density at radius 3 is 2.56 bits per heavy atom. The summed E-state index contributed by atoms with van der Waals surface area (Å²) in [5, 5.41) is 6.27. The lowest BCUT2D eigenvalue weighted by molar-refractivity contribution is -0.121. The molecule has 0 aromatic heterocycles. The summed E-state index contributed by atoms with van der Waals surface area (Å²) in [4.78, 5) is 23.2. The number of amides is 1. The zero-order valence-corrected chi connectivity index (χ0v) is 16.2. The number of fused-ring (bicyclic) bond motifs is 1. The van der Waals surface area contributed by atoms with E-state index in [0.29, 0.717) is 37.3 Å². The van der Waals surface area contributed by atoms with E-state index >= 15 is 0 Å². The van der Waals surface area contributed by atoms with E-state index in [1.165, 1.54) is 18.1 Å². The molecule has 0 radical (unpaired) electrons. The second kappa shape index (κ2) is 10.1. The Hall–Kier alpha value is -2.37. The van der Waals surface area contributed by atoms with Gasteiger partial charge in [-0.1, -0.05) is 18.2 Å². The molecule has 144 valence electrons. The molecule has 3 rings (SSSR count). The molecule has 0 saturated heterocycles. The minimum atomic E-state index is 0. The van der Waals surface area contributed by atoms with Crippen molar-refractivity contribution in [3.8, 4) is 5.75 Å². The van der Waals surface area contributed by atoms with Crippen LogP contribution in [-0.2, 0) is 24.4 Å². The molecular weight excluding hydrogens is 364 g/mol. The molecule has 0 saturated carbocycles. The zero-order chi connectivity index (χ0) is 18.4. The highest BCUT2D eigenvalue weighted by Gasteiger charge is 2.10. The van der Waals surface area contributed by atoms with Crippen molar-refractivity contribution in [1.29, 1.82) is 0 Å². The minimum Gasteiger partial charge on any atom is -0.494 e. The van der Waals surface area contributed by atoms with Crippen LogP contribution in [0.4, 0.5) is 0 Å². The van der Waals surface area contributed by atoms with Gasteiger partial charge < -0.3 is 15.4 Å². The average molecular weight is 389 g/mol. The SMILES string of the molecule is CC(=O)c1ccc(OCCCC(=O)NCc2ccc3c(c2)CNC3)cc1.Cl. The van der Waals surface area contributed by atoms with E-state index in [9.17, 15) is 9.59 Å². The van der Waals surface area contributed by atoms with Gasteiger partial charge in [-0.05, 0) is 54.3 Å². The van der Waals surface area contributed by atoms with Gasteiger partial charge in [0.15, 0.2) is 5.78 Å². The quantitative estimate of drug-likeness (QED) is 0.537. The first-order chi connectivity index (χ1) is 12.6. The Morgan fingerprint density at radius 2 is 1.81 bits per heavy atom. The van der Waals surface area contributed by atoms with Gasteiger partial charge in [0.1, 0.15) is 5.75 Å². The topological polar surface area (TPSA) is 67.4 Å². The average Bonchev–Trinajstić information content (AvgIpc) is 3.11. The molecule has 0 aliphatic carbocycles. The largest absolute Gasteiger partial charge is 0.494 e. The van der Waals surface area contributed by atoms with Gasteiger partial charge in [0.05, 0.1) is 6.61 Å². The Morgan fingerprint density at radius 1 is 1.07 bits per heavy atom. The van der Waals surface area contributed by atoms with Crippen molar-refractivity contribution in [2.24, 2.45) is 0 Å². The molecule has 0 unspecified atom stereocenters. The van der Waals surface area contributed by atoms with Gasteiger partial charge in [-0.2, -0.15) is 0 Å². The smallest absolute Gasteiger partial charge is 0.220 e. The standard InChI is InChI=1S/C21H24N2O3.ClH/c1-15(24)17-6-8-20(9-7-17)26-10-2-3-21(25)23-12-16-4-5-18-13-22-14-19(18)11-16;/h4-9,11,22H,2-3,10,12-14H2,1H3,(H,23,25);1H. The van der Waals surface area contributed by atoms with Crippen molar-refractivity contribution >= 4 is 24.1 Å². The molecule has 2 N–H and O–H groups in total. The van der Waals surface area contributed by atoms with E-state index in [1.54, 1.807) is 24.3 Å². The van der Waals surface area contributed by atoms with Crippen LogP contribution in [0.5, 0.6) is 5.75 Å². The first-order valence-corrected chi connectivity index (χ1v) is 8.94. The van der Waals surface area contributed by atoms with Crippen LogP contribution in [0.2, 0.25) is 0 Å². The number of halogens is 1. The fourth-order valence-corrected chi connectivity index (χ4v) is 2.96. The highest BCUT2D eigenvalue weighted by Crippen LogP contribution is 2.17. The summed E-state index contributed by atoms with van der Waals surface area (Å²) in [5.74, 6) is 0.772. The number of benzene rings is 2. The van der Waals surface area contributed by atoms with Crippen molar-refractivity contribution < 1.29 is 14.3 Å². The number of hydrogen-bond donors (Lipinski definition) is 2. The monoisotopic (exact) mass is 388 g/mol. The Kier molecular flexibility index (Phi) is 7.82. The fraction of sp³-hybridized carbons (Fsp3) is 0.333. The summed E-state index contributed by atoms with van der Waals surface area (Å²) < 4.78 is 5.61. The van der Waals surface area contributed by atoms with Gasteiger partial charge in [0.25, 0.3) is 0 Å². The Balaban J connectivity index is 0.00000261. The van der Waals surface area contributed by atoms with E-state index in [-0.39, 0.29) is 24.1 Å². The zero-order valence-electron chi connectivity index (χ0n) is 15.4. The Labute approximate surface area is 165 Å². The first kappa shape index (κ1) is 20.9. The van der Waals surface area contributed by atoms with Gasteiger partial charge in [-0.25, -0.2) is 0 Å². The van der Waals surface area contributed by atoms with Gasteiger partial charge in [0.2, 0.25) is 5.91 Å². The third-order valence-corrected chi connectivity index (χ3v) is 4.47. The van der Waals surface area contributed by atoms with E-state index in [0.717, 1.165) is 18.7 Å². The lowest BCUT2D eigenvalue weighted by Crippen LogP contribution is -2.23. The maximum atomic E-state index is 12.0. The molecule has 0 fully saturated rings. The molecule has 2 aromatic carbocycles. The molecule has 1 heterocycles. The first-order valence-electron chi connectivity index (χ1n) is 8.94. The number of nitrogens with one attached hydrogen (secondary N) is 2. The van der Waals surface area contributed by atoms with Crippen LogP contribution in [-0.4, -0.2) is 18.3 Å². The minimum absolute atomic E-state index is 0. The van der Waals surface area contributed by atoms with Crippen molar-refractivity contribution in [2.75, 3.05) is 6.61 Å². The van der Waals surface area contributed by atoms with E-state index in [2.05, 4.69) is 28.8 Å². The van der Waals surface area contributed by atoms with Gasteiger partial charge in [-0.15, -0.1) is 12.4 Å². The number of carbonyl (C=O) groups excluding carboxylic acids is 2. The number of hydrogen-bond acceptors (Lipinski definition) is 4. The molecule has 27 heavy (non-hydrogen) atoms. The maximum Gasteiger partial charge on any atom is 0.220 e. The number of ether oxygens (including phenoxy) is 1. The maximum absolute atomic E-state index is 12.0. The van der Waals surface area contributed by atoms with Crippen LogP contribution in [0.15, 0.2) is 42.5 Å². The molecule has 6 heteroatoms. The van der Waals surface area contributed by atoms with E-state index in [4.69, 9.17) is 4.74 Å². The van der Waals surface area contributed by atoms with Crippen LogP contribution >= 0.6 is 12.4 Å².